The van der Waals surface area contributed by atoms with E-state index in [9.17, 15) is 19.0 Å². The van der Waals surface area contributed by atoms with E-state index >= 15 is 0 Å². The van der Waals surface area contributed by atoms with E-state index in [4.69, 9.17) is 9.47 Å². The zero-order valence-corrected chi connectivity index (χ0v) is 19.9. The van der Waals surface area contributed by atoms with E-state index in [1.54, 1.807) is 0 Å². The van der Waals surface area contributed by atoms with Crippen molar-refractivity contribution in [2.45, 2.75) is 90.9 Å². The zero-order valence-electron chi connectivity index (χ0n) is 19.0. The molecule has 0 aliphatic carbocycles. The van der Waals surface area contributed by atoms with E-state index in [2.05, 4.69) is 13.8 Å². The fraction of sp³-hybridized carbons (Fsp3) is 0.667. The first kappa shape index (κ1) is 27.3. The largest absolute Gasteiger partial charge is 0.591 e. The van der Waals surface area contributed by atoms with Crippen molar-refractivity contribution in [1.82, 2.24) is 0 Å². The Labute approximate surface area is 187 Å². The first-order valence-electron chi connectivity index (χ1n) is 11.6. The molecule has 0 amide bonds. The van der Waals surface area contributed by atoms with E-state index in [1.165, 1.54) is 37.5 Å². The van der Waals surface area contributed by atoms with Crippen molar-refractivity contribution < 1.29 is 28.5 Å². The molecule has 0 N–H and O–H groups in total. The Hall–Kier alpha value is -1.78. The highest BCUT2D eigenvalue weighted by Gasteiger charge is 2.29. The molecule has 1 atom stereocenters. The van der Waals surface area contributed by atoms with Crippen LogP contribution in [0.3, 0.4) is 0 Å². The van der Waals surface area contributed by atoms with Crippen molar-refractivity contribution >= 4 is 25.3 Å². The average molecular weight is 453 g/mol. The summed E-state index contributed by atoms with van der Waals surface area (Å²) in [4.78, 5) is 36.8. The summed E-state index contributed by atoms with van der Waals surface area (Å²) in [5, 5.41) is -0.211. The second kappa shape index (κ2) is 16.9. The van der Waals surface area contributed by atoms with Gasteiger partial charge in [0.25, 0.3) is 0 Å². The van der Waals surface area contributed by atoms with Gasteiger partial charge in [0, 0.05) is 0 Å². The van der Waals surface area contributed by atoms with Gasteiger partial charge in [-0.2, -0.15) is 0 Å². The van der Waals surface area contributed by atoms with Gasteiger partial charge in [-0.05, 0) is 25.0 Å². The number of unbranched alkanes of at least 4 members (excludes halogenated alkanes) is 10. The van der Waals surface area contributed by atoms with E-state index in [1.807, 2.05) is 0 Å². The van der Waals surface area contributed by atoms with Crippen molar-refractivity contribution in [3.8, 4) is 0 Å². The van der Waals surface area contributed by atoms with E-state index in [-0.39, 0.29) is 29.6 Å². The Balaban J connectivity index is 2.65. The van der Waals surface area contributed by atoms with Crippen LogP contribution in [0, 0.1) is 0 Å². The standard InChI is InChI=1S/C24H37O6P/c1-3-5-7-9-11-13-18-29-23(25)20-16-15-17-21(31(27)28)22(20)24(26)30-19-14-12-10-8-6-4-2/h15-17H,3-14,18-19H2,1-2H3. The van der Waals surface area contributed by atoms with Gasteiger partial charge in [0.15, 0.2) is 0 Å². The topological polar surface area (TPSA) is 92.7 Å². The third-order valence-corrected chi connectivity index (χ3v) is 5.89. The number of esters is 2. The second-order valence-corrected chi connectivity index (χ2v) is 8.76. The number of benzene rings is 1. The number of ether oxygens (including phenoxy) is 2. The summed E-state index contributed by atoms with van der Waals surface area (Å²) >= 11 is 0. The van der Waals surface area contributed by atoms with Crippen molar-refractivity contribution in [2.75, 3.05) is 13.2 Å². The molecule has 0 saturated heterocycles. The van der Waals surface area contributed by atoms with Gasteiger partial charge in [0.05, 0.1) is 18.8 Å². The molecule has 0 bridgehead atoms. The molecule has 0 heterocycles. The zero-order chi connectivity index (χ0) is 22.9. The van der Waals surface area contributed by atoms with Crippen LogP contribution in [-0.2, 0) is 14.0 Å². The van der Waals surface area contributed by atoms with Gasteiger partial charge in [-0.3, -0.25) is 0 Å². The Bertz CT molecular complexity index is 689. The smallest absolute Gasteiger partial charge is 0.349 e. The molecule has 1 aromatic carbocycles. The fourth-order valence-electron chi connectivity index (χ4n) is 3.32. The molecule has 0 fully saturated rings. The summed E-state index contributed by atoms with van der Waals surface area (Å²) in [7, 11) is -3.05. The third-order valence-electron chi connectivity index (χ3n) is 5.13. The summed E-state index contributed by atoms with van der Waals surface area (Å²) in [5.41, 5.74) is -0.284. The first-order chi connectivity index (χ1) is 15.0. The van der Waals surface area contributed by atoms with Gasteiger partial charge in [-0.25, -0.2) is 9.59 Å². The summed E-state index contributed by atoms with van der Waals surface area (Å²) in [6.45, 7) is 4.74. The summed E-state index contributed by atoms with van der Waals surface area (Å²) in [6, 6.07) is 4.15. The molecule has 7 heteroatoms. The molecule has 0 radical (unpaired) electrons. The van der Waals surface area contributed by atoms with E-state index in [0.717, 1.165) is 51.4 Å². The third kappa shape index (κ3) is 10.9. The van der Waals surface area contributed by atoms with Crippen molar-refractivity contribution in [2.24, 2.45) is 0 Å². The quantitative estimate of drug-likeness (QED) is 0.177. The van der Waals surface area contributed by atoms with Gasteiger partial charge >= 0.3 is 20.0 Å². The Morgan fingerprint density at radius 1 is 0.774 bits per heavy atom. The molecule has 0 saturated carbocycles. The molecule has 174 valence electrons. The van der Waals surface area contributed by atoms with E-state index < -0.39 is 20.0 Å². The molecule has 0 aliphatic rings. The predicted molar refractivity (Wildman–Crippen MR) is 121 cm³/mol. The molecular weight excluding hydrogens is 415 g/mol. The second-order valence-electron chi connectivity index (χ2n) is 7.76. The van der Waals surface area contributed by atoms with Crippen LogP contribution in [0.4, 0.5) is 0 Å². The number of carbonyl (C=O) groups is 2. The van der Waals surface area contributed by atoms with Gasteiger partial charge < -0.3 is 14.4 Å². The van der Waals surface area contributed by atoms with Crippen LogP contribution in [0.15, 0.2) is 18.2 Å². The minimum Gasteiger partial charge on any atom is -0.591 e. The van der Waals surface area contributed by atoms with Crippen molar-refractivity contribution in [3.63, 3.8) is 0 Å². The molecule has 0 aromatic heterocycles. The van der Waals surface area contributed by atoms with Crippen LogP contribution in [0.5, 0.6) is 0 Å². The SMILES string of the molecule is CCCCCCCCOC(=O)c1cccc([P+](=O)[O-])c1C(=O)OCCCCCCCC. The van der Waals surface area contributed by atoms with Crippen LogP contribution in [0.25, 0.3) is 0 Å². The fourth-order valence-corrected chi connectivity index (χ4v) is 3.92. The van der Waals surface area contributed by atoms with Crippen LogP contribution in [0.2, 0.25) is 0 Å². The van der Waals surface area contributed by atoms with Gasteiger partial charge in [-0.1, -0.05) is 88.7 Å². The Morgan fingerprint density at radius 2 is 1.26 bits per heavy atom. The Morgan fingerprint density at radius 3 is 1.77 bits per heavy atom. The lowest BCUT2D eigenvalue weighted by atomic mass is 10.1. The van der Waals surface area contributed by atoms with Gasteiger partial charge in [0.2, 0.25) is 5.30 Å². The lowest BCUT2D eigenvalue weighted by Crippen LogP contribution is -2.23. The normalized spacial score (nSPS) is 11.3. The highest BCUT2D eigenvalue weighted by Crippen LogP contribution is 2.19. The molecular formula is C24H37O6P. The maximum absolute atomic E-state index is 12.6. The first-order valence-corrected chi connectivity index (χ1v) is 12.8. The highest BCUT2D eigenvalue weighted by molar-refractivity contribution is 7.46. The minimum absolute atomic E-state index is 0.0596. The highest BCUT2D eigenvalue weighted by atomic mass is 31.1. The average Bonchev–Trinajstić information content (AvgIpc) is 2.77. The maximum Gasteiger partial charge on any atom is 0.349 e. The van der Waals surface area contributed by atoms with Crippen molar-refractivity contribution in [3.05, 3.63) is 29.3 Å². The number of hydrogen-bond donors (Lipinski definition) is 0. The molecule has 6 nitrogen and oxygen atoms in total. The lowest BCUT2D eigenvalue weighted by molar-refractivity contribution is -0.160. The monoisotopic (exact) mass is 452 g/mol. The van der Waals surface area contributed by atoms with Crippen LogP contribution in [0.1, 0.15) is 112 Å². The molecule has 31 heavy (non-hydrogen) atoms. The van der Waals surface area contributed by atoms with Gasteiger partial charge in [-0.15, -0.1) is 0 Å². The summed E-state index contributed by atoms with van der Waals surface area (Å²) in [5.74, 6) is -1.49. The molecule has 1 aromatic rings. The number of hydrogen-bond acceptors (Lipinski definition) is 6. The van der Waals surface area contributed by atoms with Crippen molar-refractivity contribution in [1.29, 1.82) is 0 Å². The maximum atomic E-state index is 12.6. The predicted octanol–water partition coefficient (Wildman–Crippen LogP) is 5.45. The summed E-state index contributed by atoms with van der Waals surface area (Å²) < 4.78 is 22.2. The lowest BCUT2D eigenvalue weighted by Gasteiger charge is -2.11. The molecule has 0 spiro atoms. The van der Waals surface area contributed by atoms with Crippen LogP contribution >= 0.6 is 8.03 Å². The molecule has 1 unspecified atom stereocenters. The Kier molecular flexibility index (Phi) is 14.8. The van der Waals surface area contributed by atoms with Crippen LogP contribution < -0.4 is 10.2 Å². The number of rotatable bonds is 17. The molecule has 1 rings (SSSR count). The van der Waals surface area contributed by atoms with E-state index in [0.29, 0.717) is 6.42 Å². The summed E-state index contributed by atoms with van der Waals surface area (Å²) in [6.07, 6.45) is 12.6. The van der Waals surface area contributed by atoms with Gasteiger partial charge in [0.1, 0.15) is 5.56 Å². The van der Waals surface area contributed by atoms with Crippen LogP contribution in [-0.4, -0.2) is 25.2 Å². The number of carbonyl (C=O) groups excluding carboxylic acids is 2. The minimum atomic E-state index is -3.05. The molecule has 0 aliphatic heterocycles.